The molecule has 0 aromatic heterocycles. The minimum Gasteiger partial charge on any atom is -0.478 e. The van der Waals surface area contributed by atoms with Crippen LogP contribution in [0, 0.1) is 0 Å². The van der Waals surface area contributed by atoms with E-state index in [2.05, 4.69) is 10.4 Å². The van der Waals surface area contributed by atoms with E-state index in [9.17, 15) is 14.7 Å². The van der Waals surface area contributed by atoms with E-state index >= 15 is 0 Å². The molecule has 0 aliphatic heterocycles. The Morgan fingerprint density at radius 2 is 1.76 bits per heavy atom. The van der Waals surface area contributed by atoms with E-state index in [4.69, 9.17) is 11.6 Å². The van der Waals surface area contributed by atoms with Crippen molar-refractivity contribution in [1.82, 2.24) is 5.43 Å². The molecule has 0 aliphatic rings. The Morgan fingerprint density at radius 1 is 1.08 bits per heavy atom. The molecular formula is C18H18N4O3. The first-order valence-corrected chi connectivity index (χ1v) is 7.42. The van der Waals surface area contributed by atoms with Gasteiger partial charge < -0.3 is 16.3 Å². The quantitative estimate of drug-likeness (QED) is 0.152. The van der Waals surface area contributed by atoms with E-state index in [0.717, 1.165) is 0 Å². The number of nitrogens with one attached hydrogen (secondary N) is 1. The molecule has 0 spiro atoms. The minimum atomic E-state index is -1.18. The van der Waals surface area contributed by atoms with E-state index in [-0.39, 0.29) is 23.5 Å². The number of carbonyl (C=O) groups excluding carboxylic acids is 1. The zero-order chi connectivity index (χ0) is 18.2. The number of rotatable bonds is 7. The largest absolute Gasteiger partial charge is 0.478 e. The summed E-state index contributed by atoms with van der Waals surface area (Å²) in [5.74, 6) is 3.63. The number of allylic oxidation sites excluding steroid dienone is 1. The van der Waals surface area contributed by atoms with Gasteiger partial charge in [0.05, 0.1) is 17.7 Å². The molecule has 0 saturated carbocycles. The molecule has 0 aliphatic carbocycles. The van der Waals surface area contributed by atoms with Gasteiger partial charge in [0, 0.05) is 11.3 Å². The number of hydrogen-bond donors (Lipinski definition) is 4. The third kappa shape index (κ3) is 4.76. The molecule has 0 saturated heterocycles. The van der Waals surface area contributed by atoms with Crippen LogP contribution in [0.5, 0.6) is 0 Å². The van der Waals surface area contributed by atoms with Gasteiger partial charge in [-0.3, -0.25) is 4.79 Å². The van der Waals surface area contributed by atoms with Crippen molar-refractivity contribution in [2.75, 3.05) is 0 Å². The fourth-order valence-electron chi connectivity index (χ4n) is 2.29. The van der Waals surface area contributed by atoms with Crippen LogP contribution in [0.25, 0.3) is 5.57 Å². The normalized spacial score (nSPS) is 11.9. The molecule has 7 heteroatoms. The second-order valence-corrected chi connectivity index (χ2v) is 5.15. The summed E-state index contributed by atoms with van der Waals surface area (Å²) in [6.45, 7) is 0. The van der Waals surface area contributed by atoms with Gasteiger partial charge in [0.2, 0.25) is 0 Å². The first kappa shape index (κ1) is 17.9. The van der Waals surface area contributed by atoms with Gasteiger partial charge in [-0.25, -0.2) is 15.6 Å². The molecule has 0 amide bonds. The van der Waals surface area contributed by atoms with Crippen molar-refractivity contribution in [2.45, 2.75) is 6.42 Å². The summed E-state index contributed by atoms with van der Waals surface area (Å²) in [5.41, 5.74) is 9.50. The van der Waals surface area contributed by atoms with E-state index < -0.39 is 5.97 Å². The van der Waals surface area contributed by atoms with Gasteiger partial charge in [-0.2, -0.15) is 0 Å². The number of nitrogens with zero attached hydrogens (tertiary/aromatic N) is 1. The van der Waals surface area contributed by atoms with Crippen LogP contribution in [0.3, 0.4) is 0 Å². The first-order chi connectivity index (χ1) is 12.0. The lowest BCUT2D eigenvalue weighted by Crippen LogP contribution is -2.18. The van der Waals surface area contributed by atoms with Gasteiger partial charge in [-0.1, -0.05) is 42.5 Å². The van der Waals surface area contributed by atoms with Gasteiger partial charge >= 0.3 is 5.97 Å². The van der Waals surface area contributed by atoms with Crippen molar-refractivity contribution < 1.29 is 14.7 Å². The highest BCUT2D eigenvalue weighted by Gasteiger charge is 2.17. The minimum absolute atomic E-state index is 0.00114. The Kier molecular flexibility index (Phi) is 6.02. The van der Waals surface area contributed by atoms with Crippen molar-refractivity contribution in [3.63, 3.8) is 0 Å². The van der Waals surface area contributed by atoms with E-state index in [0.29, 0.717) is 16.8 Å². The number of Topliss-reactive ketones (excluding diaryl/α,β-unsaturated/α-hetero) is 1. The number of benzene rings is 2. The Morgan fingerprint density at radius 3 is 2.40 bits per heavy atom. The highest BCUT2D eigenvalue weighted by molar-refractivity contribution is 6.17. The van der Waals surface area contributed by atoms with Crippen LogP contribution in [-0.2, 0) is 4.79 Å². The molecule has 2 rings (SSSR count). The lowest BCUT2D eigenvalue weighted by molar-refractivity contribution is -0.130. The number of ketones is 1. The van der Waals surface area contributed by atoms with Gasteiger partial charge in [0.15, 0.2) is 5.78 Å². The van der Waals surface area contributed by atoms with E-state index in [1.165, 1.54) is 6.34 Å². The summed E-state index contributed by atoms with van der Waals surface area (Å²) in [5, 5.41) is 9.43. The molecule has 6 N–H and O–H groups in total. The average Bonchev–Trinajstić information content (AvgIpc) is 2.61. The molecule has 7 nitrogen and oxygen atoms in total. The van der Waals surface area contributed by atoms with Crippen LogP contribution in [0.1, 0.15) is 22.3 Å². The van der Waals surface area contributed by atoms with E-state index in [1.807, 2.05) is 0 Å². The number of aliphatic imine (C=N–C) groups is 1. The Bertz CT molecular complexity index is 829. The summed E-state index contributed by atoms with van der Waals surface area (Å²) in [6, 6.07) is 15.0. The van der Waals surface area contributed by atoms with Crippen LogP contribution in [0.15, 0.2) is 65.3 Å². The molecule has 0 unspecified atom stereocenters. The molecule has 0 atom stereocenters. The van der Waals surface area contributed by atoms with Crippen molar-refractivity contribution in [1.29, 1.82) is 0 Å². The SMILES string of the molecule is NNC=Nc1cccc(C(=O)CC(N)=C(C(=O)O)c2ccccc2)c1. The smallest absolute Gasteiger partial charge is 0.338 e. The fraction of sp³-hybridized carbons (Fsp3) is 0.0556. The van der Waals surface area contributed by atoms with Crippen LogP contribution in [-0.4, -0.2) is 23.2 Å². The van der Waals surface area contributed by atoms with Gasteiger partial charge in [-0.15, -0.1) is 0 Å². The Labute approximate surface area is 144 Å². The van der Waals surface area contributed by atoms with Crippen molar-refractivity contribution >= 4 is 29.4 Å². The maximum atomic E-state index is 12.4. The lowest BCUT2D eigenvalue weighted by Gasteiger charge is -2.08. The maximum absolute atomic E-state index is 12.4. The average molecular weight is 338 g/mol. The van der Waals surface area contributed by atoms with Crippen LogP contribution in [0.2, 0.25) is 0 Å². The lowest BCUT2D eigenvalue weighted by atomic mass is 9.99. The van der Waals surface area contributed by atoms with Crippen molar-refractivity contribution in [3.05, 3.63) is 71.4 Å². The summed E-state index contributed by atoms with van der Waals surface area (Å²) in [4.78, 5) is 28.0. The molecular weight excluding hydrogens is 320 g/mol. The topological polar surface area (TPSA) is 131 Å². The second-order valence-electron chi connectivity index (χ2n) is 5.15. The molecule has 128 valence electrons. The van der Waals surface area contributed by atoms with Gasteiger partial charge in [0.25, 0.3) is 0 Å². The zero-order valence-corrected chi connectivity index (χ0v) is 13.3. The summed E-state index contributed by atoms with van der Waals surface area (Å²) >= 11 is 0. The summed E-state index contributed by atoms with van der Waals surface area (Å²) in [7, 11) is 0. The third-order valence-electron chi connectivity index (χ3n) is 3.40. The molecule has 25 heavy (non-hydrogen) atoms. The highest BCUT2D eigenvalue weighted by Crippen LogP contribution is 2.21. The molecule has 0 radical (unpaired) electrons. The molecule has 0 bridgehead atoms. The number of carboxylic acid groups (broad SMARTS) is 1. The Hall–Kier alpha value is -3.45. The maximum Gasteiger partial charge on any atom is 0.338 e. The molecule has 0 fully saturated rings. The number of hydrazine groups is 1. The predicted molar refractivity (Wildman–Crippen MR) is 96.0 cm³/mol. The number of nitrogens with two attached hydrogens (primary N) is 2. The van der Waals surface area contributed by atoms with Crippen molar-refractivity contribution in [3.8, 4) is 0 Å². The zero-order valence-electron chi connectivity index (χ0n) is 13.3. The summed E-state index contributed by atoms with van der Waals surface area (Å²) in [6.07, 6.45) is 1.08. The standard InChI is InChI=1S/C18H18N4O3/c19-15(17(18(24)25)12-5-2-1-3-6-12)10-16(23)13-7-4-8-14(9-13)21-11-22-20/h1-9,11H,10,19-20H2,(H,21,22)(H,24,25). The second kappa shape index (κ2) is 8.42. The number of aliphatic carboxylic acids is 1. The van der Waals surface area contributed by atoms with Crippen LogP contribution in [0.4, 0.5) is 5.69 Å². The number of carboxylic acids is 1. The van der Waals surface area contributed by atoms with Gasteiger partial charge in [-0.05, 0) is 17.7 Å². The van der Waals surface area contributed by atoms with E-state index in [1.54, 1.807) is 54.6 Å². The first-order valence-electron chi connectivity index (χ1n) is 7.42. The highest BCUT2D eigenvalue weighted by atomic mass is 16.4. The van der Waals surface area contributed by atoms with Crippen molar-refractivity contribution in [2.24, 2.45) is 16.6 Å². The van der Waals surface area contributed by atoms with Crippen LogP contribution < -0.4 is 17.0 Å². The summed E-state index contributed by atoms with van der Waals surface area (Å²) < 4.78 is 0. The fourth-order valence-corrected chi connectivity index (χ4v) is 2.29. The van der Waals surface area contributed by atoms with Gasteiger partial charge in [0.1, 0.15) is 6.34 Å². The number of hydrogen-bond acceptors (Lipinski definition) is 5. The predicted octanol–water partition coefficient (Wildman–Crippen LogP) is 1.84. The Balaban J connectivity index is 2.29. The molecule has 2 aromatic rings. The molecule has 0 heterocycles. The monoisotopic (exact) mass is 338 g/mol. The number of carbonyl (C=O) groups is 2. The molecule has 2 aromatic carbocycles. The third-order valence-corrected chi connectivity index (χ3v) is 3.40. The van der Waals surface area contributed by atoms with Crippen LogP contribution >= 0.6 is 0 Å².